The first-order valence-corrected chi connectivity index (χ1v) is 9.67. The Hall–Kier alpha value is -0.900. The maximum atomic E-state index is 5.20. The summed E-state index contributed by atoms with van der Waals surface area (Å²) in [6.07, 6.45) is 13.0. The average Bonchev–Trinajstić information content (AvgIpc) is 2.63. The van der Waals surface area contributed by atoms with Crippen molar-refractivity contribution in [2.45, 2.75) is 77.0 Å². The van der Waals surface area contributed by atoms with Gasteiger partial charge in [0.05, 0.1) is 0 Å². The molecule has 0 bridgehead atoms. The van der Waals surface area contributed by atoms with Crippen molar-refractivity contribution in [1.29, 1.82) is 0 Å². The predicted molar refractivity (Wildman–Crippen MR) is 102 cm³/mol. The molecule has 0 aliphatic carbocycles. The van der Waals surface area contributed by atoms with Crippen LogP contribution in [-0.4, -0.2) is 27.1 Å². The lowest BCUT2D eigenvalue weighted by Gasteiger charge is -2.12. The molecule has 0 saturated carbocycles. The van der Waals surface area contributed by atoms with Gasteiger partial charge in [-0.1, -0.05) is 75.3 Å². The molecule has 0 aliphatic heterocycles. The molecule has 24 heavy (non-hydrogen) atoms. The highest BCUT2D eigenvalue weighted by Crippen LogP contribution is 2.12. The topological polar surface area (TPSA) is 30.5 Å². The third kappa shape index (κ3) is 11.6. The Morgan fingerprint density at radius 3 is 1.88 bits per heavy atom. The third-order valence-electron chi connectivity index (χ3n) is 4.49. The third-order valence-corrected chi connectivity index (χ3v) is 4.49. The first kappa shape index (κ1) is 21.1. The monoisotopic (exact) mass is 335 g/mol. The zero-order valence-corrected chi connectivity index (χ0v) is 15.8. The van der Waals surface area contributed by atoms with Gasteiger partial charge in [-0.15, -0.1) is 0 Å². The van der Waals surface area contributed by atoms with Crippen LogP contribution >= 0.6 is 0 Å². The summed E-state index contributed by atoms with van der Waals surface area (Å²) in [7, 11) is 3.43. The molecule has 0 spiro atoms. The highest BCUT2D eigenvalue weighted by molar-refractivity contribution is 5.14. The smallest absolute Gasteiger partial charge is 0.156 e. The van der Waals surface area contributed by atoms with Crippen LogP contribution in [0, 0.1) is 0 Å². The van der Waals surface area contributed by atoms with E-state index in [1.165, 1.54) is 63.4 Å². The minimum Gasteiger partial charge on any atom is -0.356 e. The van der Waals surface area contributed by atoms with Gasteiger partial charge in [-0.05, 0) is 31.4 Å². The van der Waals surface area contributed by atoms with Gasteiger partial charge in [0.25, 0.3) is 0 Å². The Morgan fingerprint density at radius 1 is 0.750 bits per heavy atom. The van der Waals surface area contributed by atoms with E-state index in [-0.39, 0.29) is 6.29 Å². The van der Waals surface area contributed by atoms with Crippen molar-refractivity contribution in [3.63, 3.8) is 0 Å². The summed E-state index contributed by atoms with van der Waals surface area (Å²) in [4.78, 5) is 0. The second kappa shape index (κ2) is 15.6. The van der Waals surface area contributed by atoms with E-state index in [1.807, 2.05) is 0 Å². The number of methoxy groups -OCH3 is 2. The van der Waals surface area contributed by atoms with Crippen LogP contribution in [-0.2, 0) is 16.0 Å². The Kier molecular flexibility index (Phi) is 13.8. The number of ether oxygens (including phenoxy) is 2. The molecule has 0 atom stereocenters. The minimum atomic E-state index is -0.0134. The summed E-state index contributed by atoms with van der Waals surface area (Å²) in [6.45, 7) is 2.13. The number of rotatable bonds is 16. The molecule has 3 heteroatoms. The van der Waals surface area contributed by atoms with E-state index in [0.717, 1.165) is 19.5 Å². The first-order valence-electron chi connectivity index (χ1n) is 9.67. The molecule has 0 unspecified atom stereocenters. The van der Waals surface area contributed by atoms with E-state index in [1.54, 1.807) is 14.2 Å². The number of unbranched alkanes of at least 4 members (excludes halogenated alkanes) is 8. The molecule has 0 heterocycles. The molecule has 0 fully saturated rings. The van der Waals surface area contributed by atoms with Gasteiger partial charge in [0.2, 0.25) is 0 Å². The standard InChI is InChI=1S/C21H37NO2/c1-23-21(24-2)17-13-8-6-4-3-5-7-9-14-18-22-19-20-15-11-10-12-16-20/h10-12,15-16,21-22H,3-9,13-14,17-19H2,1-2H3. The maximum Gasteiger partial charge on any atom is 0.156 e. The van der Waals surface area contributed by atoms with Gasteiger partial charge in [-0.25, -0.2) is 0 Å². The van der Waals surface area contributed by atoms with Crippen LogP contribution in [0.1, 0.15) is 69.8 Å². The second-order valence-corrected chi connectivity index (χ2v) is 6.53. The summed E-state index contributed by atoms with van der Waals surface area (Å²) in [5.74, 6) is 0. The van der Waals surface area contributed by atoms with E-state index >= 15 is 0 Å². The predicted octanol–water partition coefficient (Wildman–Crippen LogP) is 5.30. The van der Waals surface area contributed by atoms with Crippen molar-refractivity contribution in [2.24, 2.45) is 0 Å². The lowest BCUT2D eigenvalue weighted by Crippen LogP contribution is -2.14. The van der Waals surface area contributed by atoms with E-state index in [9.17, 15) is 0 Å². The molecule has 1 N–H and O–H groups in total. The van der Waals surface area contributed by atoms with Crippen LogP contribution in [0.25, 0.3) is 0 Å². The van der Waals surface area contributed by atoms with Crippen LogP contribution in [0.4, 0.5) is 0 Å². The van der Waals surface area contributed by atoms with Crippen molar-refractivity contribution in [3.8, 4) is 0 Å². The molecule has 0 amide bonds. The molecule has 138 valence electrons. The van der Waals surface area contributed by atoms with E-state index in [4.69, 9.17) is 9.47 Å². The molecule has 0 radical (unpaired) electrons. The van der Waals surface area contributed by atoms with Gasteiger partial charge >= 0.3 is 0 Å². The lowest BCUT2D eigenvalue weighted by molar-refractivity contribution is -0.107. The van der Waals surface area contributed by atoms with Crippen LogP contribution in [0.2, 0.25) is 0 Å². The van der Waals surface area contributed by atoms with Crippen LogP contribution in [0.3, 0.4) is 0 Å². The number of hydrogen-bond donors (Lipinski definition) is 1. The molecular weight excluding hydrogens is 298 g/mol. The highest BCUT2D eigenvalue weighted by atomic mass is 16.7. The van der Waals surface area contributed by atoms with Crippen molar-refractivity contribution in [3.05, 3.63) is 35.9 Å². The summed E-state index contributed by atoms with van der Waals surface area (Å²) >= 11 is 0. The Bertz CT molecular complexity index is 365. The van der Waals surface area contributed by atoms with Gasteiger partial charge in [-0.2, -0.15) is 0 Å². The fourth-order valence-corrected chi connectivity index (χ4v) is 2.96. The lowest BCUT2D eigenvalue weighted by atomic mass is 10.1. The van der Waals surface area contributed by atoms with Gasteiger partial charge in [-0.3, -0.25) is 0 Å². The number of benzene rings is 1. The van der Waals surface area contributed by atoms with Gasteiger partial charge in [0.15, 0.2) is 6.29 Å². The van der Waals surface area contributed by atoms with E-state index < -0.39 is 0 Å². The minimum absolute atomic E-state index is 0.0134. The molecule has 0 aromatic heterocycles. The van der Waals surface area contributed by atoms with Gasteiger partial charge in [0, 0.05) is 20.8 Å². The zero-order chi connectivity index (χ0) is 17.3. The average molecular weight is 336 g/mol. The summed E-state index contributed by atoms with van der Waals surface area (Å²) in [5, 5.41) is 3.53. The maximum absolute atomic E-state index is 5.20. The normalized spacial score (nSPS) is 11.3. The largest absolute Gasteiger partial charge is 0.356 e. The molecule has 3 nitrogen and oxygen atoms in total. The Balaban J connectivity index is 1.76. The Labute approximate surface area is 149 Å². The summed E-state index contributed by atoms with van der Waals surface area (Å²) in [6, 6.07) is 10.6. The molecule has 0 aliphatic rings. The molecule has 1 aromatic carbocycles. The van der Waals surface area contributed by atoms with Crippen molar-refractivity contribution < 1.29 is 9.47 Å². The van der Waals surface area contributed by atoms with E-state index in [2.05, 4.69) is 35.6 Å². The number of nitrogens with one attached hydrogen (secondary N) is 1. The van der Waals surface area contributed by atoms with E-state index in [0.29, 0.717) is 0 Å². The number of hydrogen-bond acceptors (Lipinski definition) is 3. The second-order valence-electron chi connectivity index (χ2n) is 6.53. The quantitative estimate of drug-likeness (QED) is 0.329. The fourth-order valence-electron chi connectivity index (χ4n) is 2.96. The van der Waals surface area contributed by atoms with Gasteiger partial charge < -0.3 is 14.8 Å². The molecule has 1 rings (SSSR count). The molecular formula is C21H37NO2. The van der Waals surface area contributed by atoms with Crippen LogP contribution in [0.15, 0.2) is 30.3 Å². The zero-order valence-electron chi connectivity index (χ0n) is 15.8. The highest BCUT2D eigenvalue weighted by Gasteiger charge is 2.03. The van der Waals surface area contributed by atoms with Crippen molar-refractivity contribution in [2.75, 3.05) is 20.8 Å². The molecule has 0 saturated heterocycles. The summed E-state index contributed by atoms with van der Waals surface area (Å²) in [5.41, 5.74) is 1.37. The van der Waals surface area contributed by atoms with Crippen molar-refractivity contribution in [1.82, 2.24) is 5.32 Å². The van der Waals surface area contributed by atoms with Gasteiger partial charge in [0.1, 0.15) is 0 Å². The van der Waals surface area contributed by atoms with Crippen LogP contribution in [0.5, 0.6) is 0 Å². The Morgan fingerprint density at radius 2 is 1.29 bits per heavy atom. The first-order chi connectivity index (χ1) is 11.9. The molecule has 1 aromatic rings. The SMILES string of the molecule is COC(CCCCCCCCCCCNCc1ccccc1)OC. The van der Waals surface area contributed by atoms with Crippen LogP contribution < -0.4 is 5.32 Å². The van der Waals surface area contributed by atoms with Crippen molar-refractivity contribution >= 4 is 0 Å². The fraction of sp³-hybridized carbons (Fsp3) is 0.714. The summed E-state index contributed by atoms with van der Waals surface area (Å²) < 4.78 is 10.4.